The third kappa shape index (κ3) is 4.88. The molecule has 0 bridgehead atoms. The standard InChI is InChI=1S/C21H20F3N5O3/c1-12(2)18-16(11-26-29(18)17-9-6-14(10-25-17)21(22,23)24)20(31)28-27-19(30)13-4-7-15(32-3)8-5-13/h4-12H,1-3H3,(H,27,30)(H,28,31). The molecule has 0 spiro atoms. The molecular formula is C21H20F3N5O3. The fourth-order valence-electron chi connectivity index (χ4n) is 2.95. The first-order chi connectivity index (χ1) is 15.1. The Kier molecular flexibility index (Phi) is 6.47. The third-order valence-corrected chi connectivity index (χ3v) is 4.53. The minimum Gasteiger partial charge on any atom is -0.497 e. The van der Waals surface area contributed by atoms with E-state index in [0.717, 1.165) is 6.07 Å². The largest absolute Gasteiger partial charge is 0.497 e. The molecule has 11 heteroatoms. The smallest absolute Gasteiger partial charge is 0.417 e. The molecule has 1 aromatic carbocycles. The van der Waals surface area contributed by atoms with Crippen LogP contribution in [0.3, 0.4) is 0 Å². The lowest BCUT2D eigenvalue weighted by atomic mass is 10.1. The lowest BCUT2D eigenvalue weighted by Crippen LogP contribution is -2.41. The van der Waals surface area contributed by atoms with Crippen molar-refractivity contribution in [1.82, 2.24) is 25.6 Å². The molecular weight excluding hydrogens is 427 g/mol. The van der Waals surface area contributed by atoms with Gasteiger partial charge in [-0.2, -0.15) is 18.3 Å². The molecule has 2 heterocycles. The van der Waals surface area contributed by atoms with Crippen molar-refractivity contribution in [2.45, 2.75) is 25.9 Å². The van der Waals surface area contributed by atoms with Crippen LogP contribution in [0, 0.1) is 0 Å². The second kappa shape index (κ2) is 9.08. The summed E-state index contributed by atoms with van der Waals surface area (Å²) in [6.45, 7) is 3.59. The van der Waals surface area contributed by atoms with Gasteiger partial charge in [-0.25, -0.2) is 9.67 Å². The molecule has 2 N–H and O–H groups in total. The van der Waals surface area contributed by atoms with Crippen molar-refractivity contribution >= 4 is 11.8 Å². The average molecular weight is 447 g/mol. The average Bonchev–Trinajstić information content (AvgIpc) is 3.22. The lowest BCUT2D eigenvalue weighted by Gasteiger charge is -2.13. The van der Waals surface area contributed by atoms with Crippen LogP contribution < -0.4 is 15.6 Å². The Balaban J connectivity index is 1.78. The first-order valence-corrected chi connectivity index (χ1v) is 9.48. The Morgan fingerprint density at radius 1 is 1.00 bits per heavy atom. The van der Waals surface area contributed by atoms with Crippen LogP contribution >= 0.6 is 0 Å². The molecule has 0 aliphatic rings. The number of ether oxygens (including phenoxy) is 1. The number of methoxy groups -OCH3 is 1. The van der Waals surface area contributed by atoms with Crippen molar-refractivity contribution in [3.8, 4) is 11.6 Å². The van der Waals surface area contributed by atoms with Gasteiger partial charge in [0, 0.05) is 11.8 Å². The second-order valence-electron chi connectivity index (χ2n) is 7.05. The molecule has 0 radical (unpaired) electrons. The summed E-state index contributed by atoms with van der Waals surface area (Å²) in [6.07, 6.45) is -2.54. The van der Waals surface area contributed by atoms with Crippen LogP contribution in [-0.2, 0) is 6.18 Å². The first-order valence-electron chi connectivity index (χ1n) is 9.48. The number of amides is 2. The van der Waals surface area contributed by atoms with Crippen molar-refractivity contribution in [1.29, 1.82) is 0 Å². The SMILES string of the molecule is COc1ccc(C(=O)NNC(=O)c2cnn(-c3ccc(C(F)(F)F)cn3)c2C(C)C)cc1. The van der Waals surface area contributed by atoms with Gasteiger partial charge in [0.2, 0.25) is 0 Å². The number of nitrogens with zero attached hydrogens (tertiary/aromatic N) is 3. The van der Waals surface area contributed by atoms with E-state index in [0.29, 0.717) is 23.2 Å². The number of hydrogen-bond acceptors (Lipinski definition) is 5. The summed E-state index contributed by atoms with van der Waals surface area (Å²) in [4.78, 5) is 28.7. The van der Waals surface area contributed by atoms with Gasteiger partial charge in [0.25, 0.3) is 11.8 Å². The number of aromatic nitrogens is 3. The van der Waals surface area contributed by atoms with E-state index < -0.39 is 23.6 Å². The van der Waals surface area contributed by atoms with E-state index in [2.05, 4.69) is 20.9 Å². The summed E-state index contributed by atoms with van der Waals surface area (Å²) in [5.74, 6) is -0.684. The van der Waals surface area contributed by atoms with Crippen molar-refractivity contribution in [2.75, 3.05) is 7.11 Å². The van der Waals surface area contributed by atoms with E-state index >= 15 is 0 Å². The highest BCUT2D eigenvalue weighted by atomic mass is 19.4. The zero-order chi connectivity index (χ0) is 23.5. The maximum absolute atomic E-state index is 12.8. The molecule has 0 aliphatic heterocycles. The highest BCUT2D eigenvalue weighted by Gasteiger charge is 2.31. The molecule has 8 nitrogen and oxygen atoms in total. The van der Waals surface area contributed by atoms with Crippen LogP contribution in [0.1, 0.15) is 51.7 Å². The summed E-state index contributed by atoms with van der Waals surface area (Å²) in [6, 6.07) is 8.35. The van der Waals surface area contributed by atoms with Crippen LogP contribution in [0.4, 0.5) is 13.2 Å². The van der Waals surface area contributed by atoms with Gasteiger partial charge in [0.05, 0.1) is 30.1 Å². The molecule has 3 rings (SSSR count). The molecule has 0 aliphatic carbocycles. The molecule has 2 amide bonds. The second-order valence-corrected chi connectivity index (χ2v) is 7.05. The fourth-order valence-corrected chi connectivity index (χ4v) is 2.95. The summed E-state index contributed by atoms with van der Waals surface area (Å²) in [7, 11) is 1.50. The van der Waals surface area contributed by atoms with Crippen LogP contribution in [0.25, 0.3) is 5.82 Å². The van der Waals surface area contributed by atoms with Gasteiger partial charge in [0.1, 0.15) is 5.75 Å². The molecule has 0 saturated carbocycles. The van der Waals surface area contributed by atoms with Gasteiger partial charge in [-0.1, -0.05) is 13.8 Å². The molecule has 0 fully saturated rings. The van der Waals surface area contributed by atoms with E-state index in [1.165, 1.54) is 36.2 Å². The number of carbonyl (C=O) groups excluding carboxylic acids is 2. The normalized spacial score (nSPS) is 11.3. The number of alkyl halides is 3. The summed E-state index contributed by atoms with van der Waals surface area (Å²) >= 11 is 0. The Hall–Kier alpha value is -3.89. The minimum absolute atomic E-state index is 0.128. The molecule has 0 atom stereocenters. The summed E-state index contributed by atoms with van der Waals surface area (Å²) in [5.41, 5.74) is 4.63. The molecule has 2 aromatic heterocycles. The monoisotopic (exact) mass is 447 g/mol. The van der Waals surface area contributed by atoms with Gasteiger partial charge in [-0.15, -0.1) is 0 Å². The van der Waals surface area contributed by atoms with Gasteiger partial charge in [-0.05, 0) is 42.3 Å². The zero-order valence-corrected chi connectivity index (χ0v) is 17.4. The fraction of sp³-hybridized carbons (Fsp3) is 0.238. The van der Waals surface area contributed by atoms with Gasteiger partial charge < -0.3 is 4.74 Å². The van der Waals surface area contributed by atoms with Crippen LogP contribution in [0.5, 0.6) is 5.75 Å². The third-order valence-electron chi connectivity index (χ3n) is 4.53. The van der Waals surface area contributed by atoms with Crippen LogP contribution in [-0.4, -0.2) is 33.7 Å². The Bertz CT molecular complexity index is 1110. The van der Waals surface area contributed by atoms with Gasteiger partial charge >= 0.3 is 6.18 Å². The van der Waals surface area contributed by atoms with Gasteiger partial charge in [0.15, 0.2) is 5.82 Å². The molecule has 168 valence electrons. The minimum atomic E-state index is -4.51. The summed E-state index contributed by atoms with van der Waals surface area (Å²) in [5, 5.41) is 4.11. The highest BCUT2D eigenvalue weighted by molar-refractivity contribution is 5.99. The Labute approximate surface area is 181 Å². The van der Waals surface area contributed by atoms with E-state index in [4.69, 9.17) is 4.74 Å². The number of benzene rings is 1. The molecule has 0 unspecified atom stereocenters. The van der Waals surface area contributed by atoms with Crippen LogP contribution in [0.15, 0.2) is 48.8 Å². The highest BCUT2D eigenvalue weighted by Crippen LogP contribution is 2.29. The van der Waals surface area contributed by atoms with Crippen molar-refractivity contribution in [2.24, 2.45) is 0 Å². The van der Waals surface area contributed by atoms with E-state index in [9.17, 15) is 22.8 Å². The Morgan fingerprint density at radius 2 is 1.66 bits per heavy atom. The number of hydrazine groups is 1. The van der Waals surface area contributed by atoms with Crippen molar-refractivity contribution in [3.63, 3.8) is 0 Å². The Morgan fingerprint density at radius 3 is 2.19 bits per heavy atom. The number of hydrogen-bond donors (Lipinski definition) is 2. The maximum Gasteiger partial charge on any atom is 0.417 e. The van der Waals surface area contributed by atoms with Crippen LogP contribution in [0.2, 0.25) is 0 Å². The number of carbonyl (C=O) groups is 2. The molecule has 0 saturated heterocycles. The zero-order valence-electron chi connectivity index (χ0n) is 17.4. The molecule has 32 heavy (non-hydrogen) atoms. The first kappa shape index (κ1) is 22.8. The van der Waals surface area contributed by atoms with E-state index in [1.807, 2.05) is 0 Å². The predicted molar refractivity (Wildman–Crippen MR) is 108 cm³/mol. The van der Waals surface area contributed by atoms with Crippen molar-refractivity contribution in [3.05, 3.63) is 71.2 Å². The quantitative estimate of drug-likeness (QED) is 0.584. The topological polar surface area (TPSA) is 98.1 Å². The number of pyridine rings is 1. The maximum atomic E-state index is 12.8. The predicted octanol–water partition coefficient (Wildman–Crippen LogP) is 3.49. The number of halogens is 3. The van der Waals surface area contributed by atoms with E-state index in [1.54, 1.807) is 26.0 Å². The van der Waals surface area contributed by atoms with E-state index in [-0.39, 0.29) is 17.3 Å². The molecule has 3 aromatic rings. The van der Waals surface area contributed by atoms with Crippen molar-refractivity contribution < 1.29 is 27.5 Å². The number of rotatable bonds is 5. The lowest BCUT2D eigenvalue weighted by molar-refractivity contribution is -0.137. The van der Waals surface area contributed by atoms with Gasteiger partial charge in [-0.3, -0.25) is 20.4 Å². The number of nitrogens with one attached hydrogen (secondary N) is 2. The summed E-state index contributed by atoms with van der Waals surface area (Å²) < 4.78 is 44.7.